The number of hydrogen-bond donors (Lipinski definition) is 2. The van der Waals surface area contributed by atoms with Crippen LogP contribution in [0.5, 0.6) is 5.75 Å². The quantitative estimate of drug-likeness (QED) is 0.544. The van der Waals surface area contributed by atoms with Crippen molar-refractivity contribution in [1.82, 2.24) is 4.98 Å². The lowest BCUT2D eigenvalue weighted by molar-refractivity contribution is 0.430. The molecule has 0 aromatic rings. The standard InChI is InChI=1S/C6H5NO.BH2O2/c1-8-6-4-2-7-3-5(4)6;2-1-3/h2-3H,1H3;2-3H. The first-order valence-electron chi connectivity index (χ1n) is 2.97. The van der Waals surface area contributed by atoms with Gasteiger partial charge in [0.05, 0.1) is 7.11 Å². The maximum atomic E-state index is 7.00. The molecule has 0 atom stereocenters. The molecule has 2 N–H and O–H groups in total. The molecule has 57 valence electrons. The van der Waals surface area contributed by atoms with E-state index in [0.717, 1.165) is 5.75 Å². The predicted molar refractivity (Wildman–Crippen MR) is 40.0 cm³/mol. The van der Waals surface area contributed by atoms with Crippen LogP contribution in [0.25, 0.3) is 11.1 Å². The van der Waals surface area contributed by atoms with Gasteiger partial charge in [-0.15, -0.1) is 0 Å². The fourth-order valence-corrected chi connectivity index (χ4v) is 0.861. The van der Waals surface area contributed by atoms with Crippen molar-refractivity contribution in [3.05, 3.63) is 12.4 Å². The minimum absolute atomic E-state index is 0. The molecular weight excluding hydrogens is 145 g/mol. The maximum Gasteiger partial charge on any atom is 0.482 e. The zero-order valence-corrected chi connectivity index (χ0v) is 5.98. The Morgan fingerprint density at radius 1 is 1.36 bits per heavy atom. The fourth-order valence-electron chi connectivity index (χ4n) is 0.861. The Morgan fingerprint density at radius 3 is 2.09 bits per heavy atom. The van der Waals surface area contributed by atoms with Crippen molar-refractivity contribution in [1.29, 1.82) is 0 Å². The van der Waals surface area contributed by atoms with E-state index in [1.165, 1.54) is 11.1 Å². The van der Waals surface area contributed by atoms with Gasteiger partial charge in [-0.1, -0.05) is 0 Å². The molecule has 0 saturated carbocycles. The van der Waals surface area contributed by atoms with E-state index in [2.05, 4.69) is 4.98 Å². The van der Waals surface area contributed by atoms with Crippen LogP contribution in [0.1, 0.15) is 0 Å². The summed E-state index contributed by atoms with van der Waals surface area (Å²) < 4.78 is 4.95. The van der Waals surface area contributed by atoms with Crippen molar-refractivity contribution in [2.45, 2.75) is 0 Å². The third-order valence-corrected chi connectivity index (χ3v) is 1.33. The number of ether oxygens (including phenoxy) is 1. The molecule has 2 aliphatic rings. The summed E-state index contributed by atoms with van der Waals surface area (Å²) >= 11 is 0. The summed E-state index contributed by atoms with van der Waals surface area (Å²) in [5.74, 6) is 1.01. The highest BCUT2D eigenvalue weighted by molar-refractivity contribution is 6.13. The number of aromatic nitrogens is 1. The van der Waals surface area contributed by atoms with E-state index in [1.807, 2.05) is 12.4 Å². The summed E-state index contributed by atoms with van der Waals surface area (Å²) in [7, 11) is 1.68. The monoisotopic (exact) mass is 152 g/mol. The van der Waals surface area contributed by atoms with Gasteiger partial charge in [-0.3, -0.25) is 4.98 Å². The van der Waals surface area contributed by atoms with Crippen LogP contribution in [0, 0.1) is 0 Å². The van der Waals surface area contributed by atoms with Gasteiger partial charge >= 0.3 is 7.69 Å². The Labute approximate surface area is 64.8 Å². The molecule has 0 spiro atoms. The van der Waals surface area contributed by atoms with Crippen LogP contribution in [0.2, 0.25) is 0 Å². The number of pyridine rings is 1. The number of fused-ring (bicyclic) bond motifs is 1. The highest BCUT2D eigenvalue weighted by Crippen LogP contribution is 2.49. The Balaban J connectivity index is 0.000000179. The summed E-state index contributed by atoms with van der Waals surface area (Å²) in [4.78, 5) is 3.89. The van der Waals surface area contributed by atoms with E-state index in [-0.39, 0.29) is 7.69 Å². The molecule has 1 aliphatic carbocycles. The second kappa shape index (κ2) is 3.36. The van der Waals surface area contributed by atoms with Crippen LogP contribution >= 0.6 is 0 Å². The second-order valence-electron chi connectivity index (χ2n) is 1.88. The first-order valence-corrected chi connectivity index (χ1v) is 2.97. The van der Waals surface area contributed by atoms with E-state index in [9.17, 15) is 0 Å². The molecule has 4 nitrogen and oxygen atoms in total. The Bertz CT molecular complexity index is 233. The Kier molecular flexibility index (Phi) is 2.46. The average molecular weight is 152 g/mol. The zero-order chi connectivity index (χ0) is 8.27. The van der Waals surface area contributed by atoms with Gasteiger partial charge in [0.25, 0.3) is 0 Å². The average Bonchev–Trinajstić information content (AvgIpc) is 2.43. The lowest BCUT2D eigenvalue weighted by atomic mass is 10.5. The highest BCUT2D eigenvalue weighted by atomic mass is 16.5. The molecule has 0 bridgehead atoms. The number of rotatable bonds is 1. The predicted octanol–water partition coefficient (Wildman–Crippen LogP) is -0.424. The van der Waals surface area contributed by atoms with Gasteiger partial charge in [-0.05, 0) is 0 Å². The van der Waals surface area contributed by atoms with E-state index in [0.29, 0.717) is 0 Å². The first-order chi connectivity index (χ1) is 5.35. The normalized spacial score (nSPS) is 9.36. The van der Waals surface area contributed by atoms with Crippen LogP contribution in [-0.2, 0) is 0 Å². The van der Waals surface area contributed by atoms with E-state index in [4.69, 9.17) is 14.8 Å². The summed E-state index contributed by atoms with van der Waals surface area (Å²) in [5.41, 5.74) is 2.35. The molecule has 0 unspecified atom stereocenters. The van der Waals surface area contributed by atoms with E-state index >= 15 is 0 Å². The highest BCUT2D eigenvalue weighted by Gasteiger charge is 2.25. The number of hydrogen-bond acceptors (Lipinski definition) is 4. The van der Waals surface area contributed by atoms with Crippen molar-refractivity contribution in [3.63, 3.8) is 0 Å². The topological polar surface area (TPSA) is 62.6 Å². The van der Waals surface area contributed by atoms with E-state index in [1.54, 1.807) is 7.11 Å². The van der Waals surface area contributed by atoms with Gasteiger partial charge < -0.3 is 14.8 Å². The molecule has 0 fully saturated rings. The van der Waals surface area contributed by atoms with Crippen molar-refractivity contribution >= 4 is 7.69 Å². The zero-order valence-electron chi connectivity index (χ0n) is 5.98. The summed E-state index contributed by atoms with van der Waals surface area (Å²) in [6.45, 7) is 0. The smallest absolute Gasteiger partial charge is 0.482 e. The molecule has 1 radical (unpaired) electrons. The molecule has 0 amide bonds. The van der Waals surface area contributed by atoms with Gasteiger partial charge in [0.15, 0.2) is 0 Å². The van der Waals surface area contributed by atoms with Gasteiger partial charge in [0, 0.05) is 23.5 Å². The molecule has 0 aromatic heterocycles. The maximum absolute atomic E-state index is 7.00. The van der Waals surface area contributed by atoms with Gasteiger partial charge in [0.1, 0.15) is 5.75 Å². The minimum atomic E-state index is 0. The lowest BCUT2D eigenvalue weighted by Crippen LogP contribution is -1.75. The van der Waals surface area contributed by atoms with Crippen LogP contribution in [0.15, 0.2) is 12.4 Å². The summed E-state index contributed by atoms with van der Waals surface area (Å²) in [6.07, 6.45) is 3.63. The lowest BCUT2D eigenvalue weighted by Gasteiger charge is -1.79. The summed E-state index contributed by atoms with van der Waals surface area (Å²) in [5, 5.41) is 14.0. The van der Waals surface area contributed by atoms with Crippen LogP contribution in [-0.4, -0.2) is 29.8 Å². The summed E-state index contributed by atoms with van der Waals surface area (Å²) in [6, 6.07) is 0. The molecular formula is C6H7BNO3. The van der Waals surface area contributed by atoms with Gasteiger partial charge in [-0.2, -0.15) is 0 Å². The number of nitrogens with zero attached hydrogens (tertiary/aromatic N) is 1. The van der Waals surface area contributed by atoms with E-state index < -0.39 is 0 Å². The van der Waals surface area contributed by atoms with Crippen molar-refractivity contribution < 1.29 is 14.8 Å². The molecule has 1 aliphatic heterocycles. The van der Waals surface area contributed by atoms with Crippen LogP contribution in [0.3, 0.4) is 0 Å². The van der Waals surface area contributed by atoms with Gasteiger partial charge in [-0.25, -0.2) is 0 Å². The second-order valence-corrected chi connectivity index (χ2v) is 1.88. The largest absolute Gasteiger partial charge is 0.495 e. The molecule has 0 saturated heterocycles. The van der Waals surface area contributed by atoms with Gasteiger partial charge in [0.2, 0.25) is 0 Å². The third-order valence-electron chi connectivity index (χ3n) is 1.33. The Hall–Kier alpha value is -1.07. The SMILES string of the molecule is COc1c2cncc1-2.O[B]O. The van der Waals surface area contributed by atoms with Crippen LogP contribution < -0.4 is 4.74 Å². The number of methoxy groups -OCH3 is 1. The van der Waals surface area contributed by atoms with Crippen LogP contribution in [0.4, 0.5) is 0 Å². The molecule has 2 rings (SSSR count). The molecule has 0 aromatic carbocycles. The molecule has 1 heterocycles. The minimum Gasteiger partial charge on any atom is -0.495 e. The third kappa shape index (κ3) is 1.50. The first kappa shape index (κ1) is 8.04. The molecule has 11 heavy (non-hydrogen) atoms. The van der Waals surface area contributed by atoms with Crippen molar-refractivity contribution in [3.8, 4) is 16.9 Å². The van der Waals surface area contributed by atoms with Crippen molar-refractivity contribution in [2.24, 2.45) is 0 Å². The Morgan fingerprint density at radius 2 is 1.82 bits per heavy atom. The molecule has 5 heteroatoms. The van der Waals surface area contributed by atoms with Crippen molar-refractivity contribution in [2.75, 3.05) is 7.11 Å². The fraction of sp³-hybridized carbons (Fsp3) is 0.167.